The predicted octanol–water partition coefficient (Wildman–Crippen LogP) is 3.70. The molecule has 0 radical (unpaired) electrons. The molecular weight excluding hydrogens is 244 g/mol. The van der Waals surface area contributed by atoms with Crippen molar-refractivity contribution in [1.82, 2.24) is 5.16 Å². The van der Waals surface area contributed by atoms with E-state index in [-0.39, 0.29) is 0 Å². The molecule has 0 aliphatic rings. The first-order valence-electron chi connectivity index (χ1n) is 5.64. The SMILES string of the molecule is Nc1noc2cc(SCc3ccccc3)ccc12. The molecule has 3 nitrogen and oxygen atoms in total. The van der Waals surface area contributed by atoms with Crippen molar-refractivity contribution in [2.45, 2.75) is 10.6 Å². The molecule has 1 heterocycles. The van der Waals surface area contributed by atoms with Gasteiger partial charge in [-0.1, -0.05) is 35.5 Å². The molecule has 3 aromatic rings. The van der Waals surface area contributed by atoms with Crippen molar-refractivity contribution in [3.63, 3.8) is 0 Å². The number of aromatic nitrogens is 1. The molecule has 90 valence electrons. The van der Waals surface area contributed by atoms with Crippen LogP contribution in [-0.4, -0.2) is 5.16 Å². The van der Waals surface area contributed by atoms with E-state index in [0.29, 0.717) is 5.82 Å². The number of anilines is 1. The van der Waals surface area contributed by atoms with Gasteiger partial charge in [-0.2, -0.15) is 0 Å². The first kappa shape index (κ1) is 11.2. The normalized spacial score (nSPS) is 10.9. The Kier molecular flexibility index (Phi) is 2.94. The van der Waals surface area contributed by atoms with E-state index >= 15 is 0 Å². The summed E-state index contributed by atoms with van der Waals surface area (Å²) >= 11 is 1.77. The Bertz CT molecular complexity index is 664. The predicted molar refractivity (Wildman–Crippen MR) is 74.4 cm³/mol. The number of hydrogen-bond donors (Lipinski definition) is 1. The fourth-order valence-corrected chi connectivity index (χ4v) is 2.65. The van der Waals surface area contributed by atoms with Gasteiger partial charge in [-0.05, 0) is 23.8 Å². The molecule has 0 saturated heterocycles. The molecule has 0 saturated carbocycles. The number of fused-ring (bicyclic) bond motifs is 1. The van der Waals surface area contributed by atoms with Crippen LogP contribution in [0, 0.1) is 0 Å². The summed E-state index contributed by atoms with van der Waals surface area (Å²) in [5.41, 5.74) is 7.73. The Labute approximate surface area is 109 Å². The summed E-state index contributed by atoms with van der Waals surface area (Å²) in [5, 5.41) is 4.62. The third kappa shape index (κ3) is 2.19. The van der Waals surface area contributed by atoms with E-state index in [9.17, 15) is 0 Å². The molecule has 0 aliphatic heterocycles. The number of nitrogen functional groups attached to an aromatic ring is 1. The largest absolute Gasteiger partial charge is 0.380 e. The molecule has 0 unspecified atom stereocenters. The second kappa shape index (κ2) is 4.74. The summed E-state index contributed by atoms with van der Waals surface area (Å²) in [7, 11) is 0. The van der Waals surface area contributed by atoms with E-state index in [1.54, 1.807) is 11.8 Å². The molecule has 0 bridgehead atoms. The second-order valence-corrected chi connectivity index (χ2v) is 5.05. The van der Waals surface area contributed by atoms with E-state index < -0.39 is 0 Å². The third-order valence-corrected chi connectivity index (χ3v) is 3.78. The average Bonchev–Trinajstić information content (AvgIpc) is 2.79. The quantitative estimate of drug-likeness (QED) is 0.726. The van der Waals surface area contributed by atoms with Gasteiger partial charge in [0.15, 0.2) is 11.4 Å². The fourth-order valence-electron chi connectivity index (χ4n) is 1.77. The van der Waals surface area contributed by atoms with Gasteiger partial charge in [-0.15, -0.1) is 11.8 Å². The van der Waals surface area contributed by atoms with E-state index in [2.05, 4.69) is 29.4 Å². The van der Waals surface area contributed by atoms with Gasteiger partial charge in [0.25, 0.3) is 0 Å². The zero-order valence-electron chi connectivity index (χ0n) is 9.67. The monoisotopic (exact) mass is 256 g/mol. The van der Waals surface area contributed by atoms with Gasteiger partial charge in [0.05, 0.1) is 5.39 Å². The van der Waals surface area contributed by atoms with Crippen LogP contribution in [0.1, 0.15) is 5.56 Å². The molecule has 0 amide bonds. The second-order valence-electron chi connectivity index (χ2n) is 4.00. The topological polar surface area (TPSA) is 52.0 Å². The van der Waals surface area contributed by atoms with Crippen LogP contribution in [-0.2, 0) is 5.75 Å². The van der Waals surface area contributed by atoms with Crippen LogP contribution in [0.5, 0.6) is 0 Å². The molecule has 4 heteroatoms. The molecule has 18 heavy (non-hydrogen) atoms. The third-order valence-electron chi connectivity index (χ3n) is 2.72. The summed E-state index contributed by atoms with van der Waals surface area (Å²) in [4.78, 5) is 1.16. The van der Waals surface area contributed by atoms with Crippen LogP contribution in [0.4, 0.5) is 5.82 Å². The maximum absolute atomic E-state index is 5.68. The summed E-state index contributed by atoms with van der Waals surface area (Å²) < 4.78 is 5.15. The van der Waals surface area contributed by atoms with Gasteiger partial charge >= 0.3 is 0 Å². The maximum Gasteiger partial charge on any atom is 0.174 e. The Morgan fingerprint density at radius 3 is 2.78 bits per heavy atom. The molecule has 0 aliphatic carbocycles. The van der Waals surface area contributed by atoms with Crippen molar-refractivity contribution in [3.05, 3.63) is 54.1 Å². The van der Waals surface area contributed by atoms with Gasteiger partial charge in [0.1, 0.15) is 0 Å². The number of nitrogens with two attached hydrogens (primary N) is 1. The van der Waals surface area contributed by atoms with Crippen molar-refractivity contribution in [3.8, 4) is 0 Å². The number of rotatable bonds is 3. The van der Waals surface area contributed by atoms with Crippen molar-refractivity contribution < 1.29 is 4.52 Å². The molecule has 2 N–H and O–H groups in total. The summed E-state index contributed by atoms with van der Waals surface area (Å²) in [6, 6.07) is 16.4. The summed E-state index contributed by atoms with van der Waals surface area (Å²) in [6.45, 7) is 0. The van der Waals surface area contributed by atoms with E-state index in [1.807, 2.05) is 24.3 Å². The van der Waals surface area contributed by atoms with Gasteiger partial charge in [-0.3, -0.25) is 0 Å². The zero-order valence-corrected chi connectivity index (χ0v) is 10.5. The number of thioether (sulfide) groups is 1. The molecule has 0 atom stereocenters. The highest BCUT2D eigenvalue weighted by Gasteiger charge is 2.05. The van der Waals surface area contributed by atoms with Gasteiger partial charge in [-0.25, -0.2) is 0 Å². The molecule has 2 aromatic carbocycles. The van der Waals surface area contributed by atoms with Crippen molar-refractivity contribution >= 4 is 28.5 Å². The Morgan fingerprint density at radius 1 is 1.11 bits per heavy atom. The van der Waals surface area contributed by atoms with Crippen LogP contribution in [0.15, 0.2) is 57.9 Å². The maximum atomic E-state index is 5.68. The Hall–Kier alpha value is -1.94. The van der Waals surface area contributed by atoms with E-state index in [4.69, 9.17) is 10.3 Å². The lowest BCUT2D eigenvalue weighted by Gasteiger charge is -2.01. The minimum absolute atomic E-state index is 0.449. The van der Waals surface area contributed by atoms with Crippen LogP contribution in [0.2, 0.25) is 0 Å². The molecular formula is C14H12N2OS. The Morgan fingerprint density at radius 2 is 1.94 bits per heavy atom. The first-order valence-corrected chi connectivity index (χ1v) is 6.63. The number of benzene rings is 2. The lowest BCUT2D eigenvalue weighted by atomic mass is 10.2. The molecule has 0 spiro atoms. The highest BCUT2D eigenvalue weighted by Crippen LogP contribution is 2.28. The van der Waals surface area contributed by atoms with E-state index in [1.165, 1.54) is 5.56 Å². The summed E-state index contributed by atoms with van der Waals surface area (Å²) in [6.07, 6.45) is 0. The van der Waals surface area contributed by atoms with Crippen molar-refractivity contribution in [1.29, 1.82) is 0 Å². The Balaban J connectivity index is 1.79. The van der Waals surface area contributed by atoms with Crippen LogP contribution >= 0.6 is 11.8 Å². The first-order chi connectivity index (χ1) is 8.83. The standard InChI is InChI=1S/C14H12N2OS/c15-14-12-7-6-11(8-13(12)17-16-14)18-9-10-4-2-1-3-5-10/h1-8H,9H2,(H2,15,16). The lowest BCUT2D eigenvalue weighted by Crippen LogP contribution is -1.83. The minimum atomic E-state index is 0.449. The van der Waals surface area contributed by atoms with Crippen molar-refractivity contribution in [2.24, 2.45) is 0 Å². The van der Waals surface area contributed by atoms with Crippen LogP contribution in [0.25, 0.3) is 11.0 Å². The van der Waals surface area contributed by atoms with Gasteiger partial charge in [0.2, 0.25) is 0 Å². The minimum Gasteiger partial charge on any atom is -0.380 e. The highest BCUT2D eigenvalue weighted by atomic mass is 32.2. The molecule has 1 aromatic heterocycles. The number of nitrogens with zero attached hydrogens (tertiary/aromatic N) is 1. The zero-order chi connectivity index (χ0) is 12.4. The highest BCUT2D eigenvalue weighted by molar-refractivity contribution is 7.98. The molecule has 0 fully saturated rings. The van der Waals surface area contributed by atoms with Gasteiger partial charge in [0, 0.05) is 10.6 Å². The van der Waals surface area contributed by atoms with Gasteiger partial charge < -0.3 is 10.3 Å². The lowest BCUT2D eigenvalue weighted by molar-refractivity contribution is 0.460. The number of hydrogen-bond acceptors (Lipinski definition) is 4. The summed E-state index contributed by atoms with van der Waals surface area (Å²) in [5.74, 6) is 1.39. The van der Waals surface area contributed by atoms with E-state index in [0.717, 1.165) is 21.6 Å². The average molecular weight is 256 g/mol. The smallest absolute Gasteiger partial charge is 0.174 e. The van der Waals surface area contributed by atoms with Crippen LogP contribution in [0.3, 0.4) is 0 Å². The van der Waals surface area contributed by atoms with Crippen molar-refractivity contribution in [2.75, 3.05) is 5.73 Å². The molecule has 3 rings (SSSR count). The van der Waals surface area contributed by atoms with Crippen LogP contribution < -0.4 is 5.73 Å². The fraction of sp³-hybridized carbons (Fsp3) is 0.0714.